The molecule has 0 spiro atoms. The number of nitrogens with zero attached hydrogens (tertiary/aromatic N) is 5. The van der Waals surface area contributed by atoms with Crippen LogP contribution in [0.5, 0.6) is 0 Å². The predicted octanol–water partition coefficient (Wildman–Crippen LogP) is 0.799. The molecule has 0 aromatic carbocycles. The standard InChI is InChI=1S/C12H17N5O2/c1-4-5-10-11(12(18)19-3)13-15-17(10)8-9-6-7-16(2)14-9/h6-7H,4-5,8H2,1-3H3. The number of ether oxygens (including phenoxy) is 1. The summed E-state index contributed by atoms with van der Waals surface area (Å²) in [5.41, 5.74) is 1.96. The molecule has 0 atom stereocenters. The van der Waals surface area contributed by atoms with Crippen LogP contribution in [0.1, 0.15) is 35.2 Å². The Morgan fingerprint density at radius 3 is 2.84 bits per heavy atom. The molecule has 7 nitrogen and oxygen atoms in total. The Bertz CT molecular complexity index is 572. The number of aromatic nitrogens is 5. The highest BCUT2D eigenvalue weighted by Gasteiger charge is 2.19. The van der Waals surface area contributed by atoms with E-state index in [0.717, 1.165) is 24.2 Å². The molecular formula is C12H17N5O2. The molecule has 0 saturated carbocycles. The van der Waals surface area contributed by atoms with E-state index in [9.17, 15) is 4.79 Å². The fraction of sp³-hybridized carbons (Fsp3) is 0.500. The molecule has 7 heteroatoms. The number of esters is 1. The smallest absolute Gasteiger partial charge is 0.360 e. The fourth-order valence-corrected chi connectivity index (χ4v) is 1.90. The third kappa shape index (κ3) is 2.81. The van der Waals surface area contributed by atoms with Gasteiger partial charge in [-0.1, -0.05) is 18.6 Å². The number of carbonyl (C=O) groups excluding carboxylic acids is 1. The van der Waals surface area contributed by atoms with E-state index >= 15 is 0 Å². The van der Waals surface area contributed by atoms with Gasteiger partial charge in [0.05, 0.1) is 25.0 Å². The van der Waals surface area contributed by atoms with Crippen molar-refractivity contribution in [2.75, 3.05) is 7.11 Å². The first kappa shape index (κ1) is 13.3. The van der Waals surface area contributed by atoms with Crippen LogP contribution in [0.2, 0.25) is 0 Å². The normalized spacial score (nSPS) is 10.7. The lowest BCUT2D eigenvalue weighted by atomic mass is 10.2. The molecule has 2 heterocycles. The topological polar surface area (TPSA) is 74.8 Å². The van der Waals surface area contributed by atoms with E-state index in [1.807, 2.05) is 26.2 Å². The minimum atomic E-state index is -0.448. The van der Waals surface area contributed by atoms with Crippen LogP contribution in [-0.2, 0) is 24.8 Å². The zero-order chi connectivity index (χ0) is 13.8. The monoisotopic (exact) mass is 263 g/mol. The maximum Gasteiger partial charge on any atom is 0.360 e. The Morgan fingerprint density at radius 1 is 1.47 bits per heavy atom. The third-order valence-electron chi connectivity index (χ3n) is 2.78. The molecule has 0 saturated heterocycles. The summed E-state index contributed by atoms with van der Waals surface area (Å²) < 4.78 is 8.15. The van der Waals surface area contributed by atoms with Gasteiger partial charge in [-0.05, 0) is 12.5 Å². The van der Waals surface area contributed by atoms with E-state index < -0.39 is 5.97 Å². The van der Waals surface area contributed by atoms with E-state index in [4.69, 9.17) is 4.74 Å². The van der Waals surface area contributed by atoms with Crippen molar-refractivity contribution in [1.82, 2.24) is 24.8 Å². The first-order valence-electron chi connectivity index (χ1n) is 6.15. The Kier molecular flexibility index (Phi) is 3.94. The lowest BCUT2D eigenvalue weighted by Gasteiger charge is -2.04. The molecule has 0 unspecified atom stereocenters. The molecule has 19 heavy (non-hydrogen) atoms. The van der Waals surface area contributed by atoms with E-state index in [-0.39, 0.29) is 0 Å². The van der Waals surface area contributed by atoms with Gasteiger partial charge >= 0.3 is 5.97 Å². The quantitative estimate of drug-likeness (QED) is 0.746. The van der Waals surface area contributed by atoms with Crippen LogP contribution >= 0.6 is 0 Å². The highest BCUT2D eigenvalue weighted by Crippen LogP contribution is 2.11. The summed E-state index contributed by atoms with van der Waals surface area (Å²) >= 11 is 0. The first-order valence-corrected chi connectivity index (χ1v) is 6.15. The van der Waals surface area contributed by atoms with Gasteiger partial charge in [0.1, 0.15) is 0 Å². The summed E-state index contributed by atoms with van der Waals surface area (Å²) in [6.07, 6.45) is 3.50. The zero-order valence-corrected chi connectivity index (χ0v) is 11.3. The van der Waals surface area contributed by atoms with Gasteiger partial charge in [-0.25, -0.2) is 9.48 Å². The van der Waals surface area contributed by atoms with Gasteiger partial charge < -0.3 is 4.74 Å². The van der Waals surface area contributed by atoms with Gasteiger partial charge in [0, 0.05) is 13.2 Å². The molecule has 2 aromatic heterocycles. The Hall–Kier alpha value is -2.18. The average molecular weight is 263 g/mol. The molecule has 0 aliphatic rings. The molecule has 2 rings (SSSR count). The molecule has 0 aliphatic heterocycles. The molecule has 2 aromatic rings. The Labute approximate surface area is 111 Å². The maximum atomic E-state index is 11.6. The molecule has 0 fully saturated rings. The zero-order valence-electron chi connectivity index (χ0n) is 11.3. The summed E-state index contributed by atoms with van der Waals surface area (Å²) in [6, 6.07) is 1.91. The van der Waals surface area contributed by atoms with Gasteiger partial charge in [-0.15, -0.1) is 5.10 Å². The second-order valence-corrected chi connectivity index (χ2v) is 4.26. The number of methoxy groups -OCH3 is 1. The fourth-order valence-electron chi connectivity index (χ4n) is 1.90. The second-order valence-electron chi connectivity index (χ2n) is 4.26. The lowest BCUT2D eigenvalue weighted by molar-refractivity contribution is 0.0592. The van der Waals surface area contributed by atoms with E-state index in [0.29, 0.717) is 12.2 Å². The van der Waals surface area contributed by atoms with Gasteiger partial charge in [-0.3, -0.25) is 4.68 Å². The van der Waals surface area contributed by atoms with Crippen LogP contribution in [-0.4, -0.2) is 37.9 Å². The highest BCUT2D eigenvalue weighted by atomic mass is 16.5. The molecule has 102 valence electrons. The second kappa shape index (κ2) is 5.64. The maximum absolute atomic E-state index is 11.6. The van der Waals surface area contributed by atoms with Gasteiger partial charge in [0.25, 0.3) is 0 Å². The summed E-state index contributed by atoms with van der Waals surface area (Å²) in [7, 11) is 3.20. The van der Waals surface area contributed by atoms with Crippen LogP contribution in [0.25, 0.3) is 0 Å². The van der Waals surface area contributed by atoms with Gasteiger partial charge in [0.15, 0.2) is 5.69 Å². The lowest BCUT2D eigenvalue weighted by Crippen LogP contribution is -2.11. The summed E-state index contributed by atoms with van der Waals surface area (Å²) in [5, 5.41) is 12.2. The third-order valence-corrected chi connectivity index (χ3v) is 2.78. The van der Waals surface area contributed by atoms with Crippen molar-refractivity contribution in [3.8, 4) is 0 Å². The number of rotatable bonds is 5. The number of carbonyl (C=O) groups is 1. The van der Waals surface area contributed by atoms with E-state index in [2.05, 4.69) is 15.4 Å². The highest BCUT2D eigenvalue weighted by molar-refractivity contribution is 5.88. The van der Waals surface area contributed by atoms with Crippen molar-refractivity contribution < 1.29 is 9.53 Å². The number of hydrogen-bond acceptors (Lipinski definition) is 5. The molecule has 0 amide bonds. The predicted molar refractivity (Wildman–Crippen MR) is 67.7 cm³/mol. The van der Waals surface area contributed by atoms with Gasteiger partial charge in [-0.2, -0.15) is 5.10 Å². The van der Waals surface area contributed by atoms with E-state index in [1.165, 1.54) is 7.11 Å². The largest absolute Gasteiger partial charge is 0.464 e. The minimum absolute atomic E-state index is 0.292. The summed E-state index contributed by atoms with van der Waals surface area (Å²) in [5.74, 6) is -0.448. The Balaban J connectivity index is 2.29. The molecular weight excluding hydrogens is 246 g/mol. The SMILES string of the molecule is CCCc1c(C(=O)OC)nnn1Cc1ccn(C)n1. The Morgan fingerprint density at radius 2 is 2.26 bits per heavy atom. The van der Waals surface area contributed by atoms with Gasteiger partial charge in [0.2, 0.25) is 0 Å². The first-order chi connectivity index (χ1) is 9.15. The van der Waals surface area contributed by atoms with Crippen molar-refractivity contribution in [2.24, 2.45) is 7.05 Å². The molecule has 0 radical (unpaired) electrons. The average Bonchev–Trinajstić information content (AvgIpc) is 2.97. The van der Waals surface area contributed by atoms with Crippen LogP contribution in [0.15, 0.2) is 12.3 Å². The van der Waals surface area contributed by atoms with Crippen molar-refractivity contribution in [1.29, 1.82) is 0 Å². The van der Waals surface area contributed by atoms with Crippen molar-refractivity contribution in [3.05, 3.63) is 29.3 Å². The van der Waals surface area contributed by atoms with Crippen molar-refractivity contribution in [3.63, 3.8) is 0 Å². The van der Waals surface area contributed by atoms with E-state index in [1.54, 1.807) is 9.36 Å². The minimum Gasteiger partial charge on any atom is -0.464 e. The molecule has 0 bridgehead atoms. The number of aryl methyl sites for hydroxylation is 1. The van der Waals surface area contributed by atoms with Crippen LogP contribution < -0.4 is 0 Å². The van der Waals surface area contributed by atoms with Crippen LogP contribution in [0.3, 0.4) is 0 Å². The number of hydrogen-bond donors (Lipinski definition) is 0. The summed E-state index contributed by atoms with van der Waals surface area (Å²) in [6.45, 7) is 2.54. The van der Waals surface area contributed by atoms with Crippen molar-refractivity contribution >= 4 is 5.97 Å². The molecule has 0 aliphatic carbocycles. The van der Waals surface area contributed by atoms with Crippen LogP contribution in [0.4, 0.5) is 0 Å². The molecule has 0 N–H and O–H groups in total. The van der Waals surface area contributed by atoms with Crippen molar-refractivity contribution in [2.45, 2.75) is 26.3 Å². The summed E-state index contributed by atoms with van der Waals surface area (Å²) in [4.78, 5) is 11.6. The van der Waals surface area contributed by atoms with Crippen LogP contribution in [0, 0.1) is 0 Å².